The molecule has 0 spiro atoms. The molecule has 1 aliphatic heterocycles. The summed E-state index contributed by atoms with van der Waals surface area (Å²) in [6, 6.07) is 4.43. The Kier molecular flexibility index (Phi) is 6.05. The van der Waals surface area contributed by atoms with Gasteiger partial charge in [-0.15, -0.1) is 6.58 Å². The minimum Gasteiger partial charge on any atom is -0.481 e. The maximum absolute atomic E-state index is 12.2. The first-order valence-electron chi connectivity index (χ1n) is 8.07. The Morgan fingerprint density at radius 1 is 1.12 bits per heavy atom. The number of fused-ring (bicyclic) bond motifs is 1. The van der Waals surface area contributed by atoms with Crippen molar-refractivity contribution < 1.29 is 24.3 Å². The van der Waals surface area contributed by atoms with Crippen LogP contribution in [0.3, 0.4) is 0 Å². The van der Waals surface area contributed by atoms with Crippen LogP contribution in [0.4, 0.5) is 0 Å². The van der Waals surface area contributed by atoms with Gasteiger partial charge >= 0.3 is 5.97 Å². The lowest BCUT2D eigenvalue weighted by Crippen LogP contribution is -2.29. The van der Waals surface area contributed by atoms with E-state index in [1.54, 1.807) is 0 Å². The summed E-state index contributed by atoms with van der Waals surface area (Å²) < 4.78 is 0. The fourth-order valence-electron chi connectivity index (χ4n) is 2.61. The van der Waals surface area contributed by atoms with E-state index in [1.165, 1.54) is 24.3 Å². The molecule has 7 heteroatoms. The molecule has 1 aromatic carbocycles. The number of carboxylic acid groups (broad SMARTS) is 1. The summed E-state index contributed by atoms with van der Waals surface area (Å²) in [5.74, 6) is -1.97. The van der Waals surface area contributed by atoms with E-state index in [4.69, 9.17) is 5.11 Å². The van der Waals surface area contributed by atoms with Crippen LogP contribution in [-0.2, 0) is 4.79 Å². The number of nitrogens with zero attached hydrogens (tertiary/aromatic N) is 1. The number of carbonyl (C=O) groups excluding carboxylic acids is 3. The highest BCUT2D eigenvalue weighted by Gasteiger charge is 2.35. The summed E-state index contributed by atoms with van der Waals surface area (Å²) >= 11 is 0. The van der Waals surface area contributed by atoms with Gasteiger partial charge in [0.1, 0.15) is 0 Å². The molecule has 1 aromatic rings. The second-order valence-corrected chi connectivity index (χ2v) is 5.73. The molecular weight excluding hydrogens is 324 g/mol. The third-order valence-electron chi connectivity index (χ3n) is 3.90. The van der Waals surface area contributed by atoms with Crippen LogP contribution in [0.1, 0.15) is 56.8 Å². The van der Waals surface area contributed by atoms with Gasteiger partial charge in [-0.2, -0.15) is 0 Å². The first kappa shape index (κ1) is 18.4. The number of carboxylic acids is 1. The molecule has 0 atom stereocenters. The van der Waals surface area contributed by atoms with Crippen molar-refractivity contribution in [2.45, 2.75) is 25.7 Å². The Labute approximate surface area is 145 Å². The van der Waals surface area contributed by atoms with Crippen molar-refractivity contribution in [2.24, 2.45) is 0 Å². The second-order valence-electron chi connectivity index (χ2n) is 5.73. The monoisotopic (exact) mass is 344 g/mol. The normalized spacial score (nSPS) is 12.9. The van der Waals surface area contributed by atoms with Crippen molar-refractivity contribution in [1.82, 2.24) is 10.2 Å². The Morgan fingerprint density at radius 3 is 2.52 bits per heavy atom. The van der Waals surface area contributed by atoms with Gasteiger partial charge < -0.3 is 10.4 Å². The Morgan fingerprint density at radius 2 is 1.84 bits per heavy atom. The number of aliphatic carboxylic acids is 1. The highest BCUT2D eigenvalue weighted by atomic mass is 16.4. The summed E-state index contributed by atoms with van der Waals surface area (Å²) in [5.41, 5.74) is 0.823. The molecule has 0 radical (unpaired) electrons. The van der Waals surface area contributed by atoms with Crippen LogP contribution in [0, 0.1) is 0 Å². The highest BCUT2D eigenvalue weighted by molar-refractivity contribution is 6.22. The second kappa shape index (κ2) is 8.23. The molecule has 3 amide bonds. The van der Waals surface area contributed by atoms with Crippen LogP contribution in [0.25, 0.3) is 0 Å². The van der Waals surface area contributed by atoms with Crippen LogP contribution in [0.5, 0.6) is 0 Å². The smallest absolute Gasteiger partial charge is 0.303 e. The third-order valence-corrected chi connectivity index (χ3v) is 3.90. The van der Waals surface area contributed by atoms with Crippen molar-refractivity contribution in [3.63, 3.8) is 0 Å². The maximum Gasteiger partial charge on any atom is 0.303 e. The molecule has 25 heavy (non-hydrogen) atoms. The number of carbonyl (C=O) groups is 4. The maximum atomic E-state index is 12.2. The zero-order chi connectivity index (χ0) is 18.4. The van der Waals surface area contributed by atoms with E-state index in [9.17, 15) is 19.2 Å². The minimum atomic E-state index is -0.827. The summed E-state index contributed by atoms with van der Waals surface area (Å²) in [5, 5.41) is 11.3. The molecule has 0 saturated carbocycles. The van der Waals surface area contributed by atoms with Gasteiger partial charge in [0.2, 0.25) is 0 Å². The van der Waals surface area contributed by atoms with Gasteiger partial charge in [-0.25, -0.2) is 0 Å². The largest absolute Gasteiger partial charge is 0.481 e. The van der Waals surface area contributed by atoms with Gasteiger partial charge in [-0.1, -0.05) is 12.5 Å². The molecule has 7 nitrogen and oxygen atoms in total. The number of nitrogens with one attached hydrogen (secondary N) is 1. The Hall–Kier alpha value is -2.96. The zero-order valence-corrected chi connectivity index (χ0v) is 13.8. The van der Waals surface area contributed by atoms with E-state index < -0.39 is 11.9 Å². The Balaban J connectivity index is 1.93. The lowest BCUT2D eigenvalue weighted by Gasteiger charge is -2.09. The summed E-state index contributed by atoms with van der Waals surface area (Å²) in [7, 11) is 0. The van der Waals surface area contributed by atoms with Crippen LogP contribution in [0.15, 0.2) is 30.9 Å². The Bertz CT molecular complexity index is 726. The van der Waals surface area contributed by atoms with Crippen LogP contribution in [-0.4, -0.2) is 46.8 Å². The molecule has 0 unspecified atom stereocenters. The number of benzene rings is 1. The van der Waals surface area contributed by atoms with Crippen LogP contribution < -0.4 is 5.32 Å². The molecule has 0 saturated heterocycles. The standard InChI is InChI=1S/C18H20N2O5/c1-2-10-20-17(24)13-8-7-12(11-14(13)18(20)25)16(23)19-9-5-3-4-6-15(21)22/h2,7-8,11H,1,3-6,9-10H2,(H,19,23)(H,21,22). The quantitative estimate of drug-likeness (QED) is 0.404. The van der Waals surface area contributed by atoms with E-state index in [2.05, 4.69) is 11.9 Å². The molecule has 132 valence electrons. The fourth-order valence-corrected chi connectivity index (χ4v) is 2.61. The summed E-state index contributed by atoms with van der Waals surface area (Å²) in [6.07, 6.45) is 3.55. The SMILES string of the molecule is C=CCN1C(=O)c2ccc(C(=O)NCCCCCC(=O)O)cc2C1=O. The van der Waals surface area contributed by atoms with Gasteiger partial charge in [0.25, 0.3) is 17.7 Å². The predicted molar refractivity (Wildman–Crippen MR) is 90.4 cm³/mol. The fraction of sp³-hybridized carbons (Fsp3) is 0.333. The van der Waals surface area contributed by atoms with Gasteiger partial charge in [-0.3, -0.25) is 24.1 Å². The molecular formula is C18H20N2O5. The molecule has 2 N–H and O–H groups in total. The van der Waals surface area contributed by atoms with Gasteiger partial charge in [0.05, 0.1) is 11.1 Å². The van der Waals surface area contributed by atoms with Crippen LogP contribution in [0.2, 0.25) is 0 Å². The molecule has 0 bridgehead atoms. The van der Waals surface area contributed by atoms with E-state index in [0.717, 1.165) is 4.90 Å². The highest BCUT2D eigenvalue weighted by Crippen LogP contribution is 2.23. The number of unbranched alkanes of at least 4 members (excludes halogenated alkanes) is 2. The number of hydrogen-bond donors (Lipinski definition) is 2. The van der Waals surface area contributed by atoms with E-state index in [0.29, 0.717) is 31.4 Å². The topological polar surface area (TPSA) is 104 Å². The first-order chi connectivity index (χ1) is 12.0. The van der Waals surface area contributed by atoms with Crippen LogP contribution >= 0.6 is 0 Å². The first-order valence-corrected chi connectivity index (χ1v) is 8.07. The lowest BCUT2D eigenvalue weighted by atomic mass is 10.1. The number of imide groups is 1. The lowest BCUT2D eigenvalue weighted by molar-refractivity contribution is -0.137. The molecule has 1 heterocycles. The van der Waals surface area contributed by atoms with Gasteiger partial charge in [0, 0.05) is 25.1 Å². The molecule has 1 aliphatic rings. The predicted octanol–water partition coefficient (Wildman–Crippen LogP) is 1.84. The van der Waals surface area contributed by atoms with Crippen molar-refractivity contribution in [1.29, 1.82) is 0 Å². The third kappa shape index (κ3) is 4.32. The average Bonchev–Trinajstić information content (AvgIpc) is 2.82. The number of hydrogen-bond acceptors (Lipinski definition) is 4. The zero-order valence-electron chi connectivity index (χ0n) is 13.8. The van der Waals surface area contributed by atoms with E-state index in [-0.39, 0.29) is 35.9 Å². The van der Waals surface area contributed by atoms with Crippen molar-refractivity contribution in [3.05, 3.63) is 47.5 Å². The summed E-state index contributed by atoms with van der Waals surface area (Å²) in [4.78, 5) is 48.0. The minimum absolute atomic E-state index is 0.121. The molecule has 0 aromatic heterocycles. The average molecular weight is 344 g/mol. The van der Waals surface area contributed by atoms with Crippen molar-refractivity contribution in [2.75, 3.05) is 13.1 Å². The summed E-state index contributed by atoms with van der Waals surface area (Å²) in [6.45, 7) is 4.07. The molecule has 0 fully saturated rings. The van der Waals surface area contributed by atoms with E-state index >= 15 is 0 Å². The molecule has 2 rings (SSSR count). The van der Waals surface area contributed by atoms with Gasteiger partial charge in [0.15, 0.2) is 0 Å². The van der Waals surface area contributed by atoms with Crippen molar-refractivity contribution >= 4 is 23.7 Å². The number of amides is 3. The van der Waals surface area contributed by atoms with Crippen molar-refractivity contribution in [3.8, 4) is 0 Å². The van der Waals surface area contributed by atoms with Gasteiger partial charge in [-0.05, 0) is 31.0 Å². The number of rotatable bonds is 9. The van der Waals surface area contributed by atoms with E-state index in [1.807, 2.05) is 0 Å². The molecule has 0 aliphatic carbocycles.